The van der Waals surface area contributed by atoms with E-state index in [0.717, 1.165) is 0 Å². The summed E-state index contributed by atoms with van der Waals surface area (Å²) in [6, 6.07) is 6.86. The predicted octanol–water partition coefficient (Wildman–Crippen LogP) is 1.10. The van der Waals surface area contributed by atoms with Crippen molar-refractivity contribution in [1.82, 2.24) is 0 Å². The minimum atomic E-state index is -4.43. The molecule has 5 nitrogen and oxygen atoms in total. The first-order valence-electron chi connectivity index (χ1n) is 5.06. The summed E-state index contributed by atoms with van der Waals surface area (Å²) in [7, 11) is -4.43. The minimum Gasteiger partial charge on any atom is -0.505 e. The first-order chi connectivity index (χ1) is 7.95. The van der Waals surface area contributed by atoms with Crippen LogP contribution in [0.4, 0.5) is 0 Å². The molecule has 0 atom stereocenters. The molecule has 0 saturated heterocycles. The number of benzene rings is 1. The van der Waals surface area contributed by atoms with Crippen LogP contribution >= 0.6 is 0 Å². The predicted molar refractivity (Wildman–Crippen MR) is 61.3 cm³/mol. The van der Waals surface area contributed by atoms with Crippen LogP contribution in [0.25, 0.3) is 10.9 Å². The van der Waals surface area contributed by atoms with Crippen molar-refractivity contribution in [3.8, 4) is 5.75 Å². The third kappa shape index (κ3) is 1.96. The van der Waals surface area contributed by atoms with Gasteiger partial charge in [0.25, 0.3) is 0 Å². The number of pyridine rings is 1. The lowest BCUT2D eigenvalue weighted by Crippen LogP contribution is -2.33. The summed E-state index contributed by atoms with van der Waals surface area (Å²) < 4.78 is 33.0. The lowest BCUT2D eigenvalue weighted by Gasteiger charge is -2.05. The summed E-state index contributed by atoms with van der Waals surface area (Å²) in [4.78, 5) is -0.474. The molecule has 1 aromatic heterocycles. The summed E-state index contributed by atoms with van der Waals surface area (Å²) in [6.07, 6.45) is 1.23. The number of para-hydroxylation sites is 1. The van der Waals surface area contributed by atoms with E-state index in [0.29, 0.717) is 17.4 Å². The smallest absolute Gasteiger partial charge is 0.304 e. The van der Waals surface area contributed by atoms with Crippen molar-refractivity contribution in [3.63, 3.8) is 0 Å². The van der Waals surface area contributed by atoms with E-state index in [1.165, 1.54) is 6.20 Å². The van der Waals surface area contributed by atoms with Gasteiger partial charge in [-0.1, -0.05) is 12.1 Å². The van der Waals surface area contributed by atoms with Gasteiger partial charge in [0, 0.05) is 6.07 Å². The molecule has 6 heteroatoms. The number of hydrogen-bond acceptors (Lipinski definition) is 3. The molecule has 2 N–H and O–H groups in total. The molecule has 0 aliphatic rings. The van der Waals surface area contributed by atoms with Crippen LogP contribution in [0.5, 0.6) is 5.75 Å². The number of nitrogens with zero attached hydrogens (tertiary/aromatic N) is 1. The molecule has 2 rings (SSSR count). The van der Waals surface area contributed by atoms with Gasteiger partial charge >= 0.3 is 10.1 Å². The maximum atomic E-state index is 11.1. The zero-order valence-corrected chi connectivity index (χ0v) is 9.98. The topological polar surface area (TPSA) is 78.5 Å². The lowest BCUT2D eigenvalue weighted by molar-refractivity contribution is -0.669. The van der Waals surface area contributed by atoms with Crippen LogP contribution < -0.4 is 4.57 Å². The van der Waals surface area contributed by atoms with E-state index in [9.17, 15) is 13.5 Å². The molecule has 0 saturated carbocycles. The second-order valence-electron chi connectivity index (χ2n) is 3.62. The minimum absolute atomic E-state index is 0.393. The average molecular weight is 254 g/mol. The fourth-order valence-electron chi connectivity index (χ4n) is 1.78. The van der Waals surface area contributed by atoms with E-state index in [1.807, 2.05) is 6.92 Å². The molecular weight excluding hydrogens is 242 g/mol. The van der Waals surface area contributed by atoms with Gasteiger partial charge in [0.1, 0.15) is 6.54 Å². The normalized spacial score (nSPS) is 11.9. The van der Waals surface area contributed by atoms with E-state index in [2.05, 4.69) is 0 Å². The molecule has 0 unspecified atom stereocenters. The number of rotatable bonds is 2. The highest BCUT2D eigenvalue weighted by molar-refractivity contribution is 7.86. The molecule has 0 aliphatic carbocycles. The average Bonchev–Trinajstić information content (AvgIpc) is 2.28. The zero-order chi connectivity index (χ0) is 12.6. The Kier molecular flexibility index (Phi) is 2.76. The van der Waals surface area contributed by atoms with Crippen molar-refractivity contribution in [1.29, 1.82) is 0 Å². The van der Waals surface area contributed by atoms with E-state index in [-0.39, 0.29) is 0 Å². The van der Waals surface area contributed by atoms with Crippen LogP contribution in [0.2, 0.25) is 0 Å². The summed E-state index contributed by atoms with van der Waals surface area (Å²) in [5.41, 5.74) is 0.708. The lowest BCUT2D eigenvalue weighted by atomic mass is 10.2. The fraction of sp³-hybridized carbons (Fsp3) is 0.182. The van der Waals surface area contributed by atoms with E-state index < -0.39 is 20.8 Å². The molecule has 1 heterocycles. The van der Waals surface area contributed by atoms with Crippen molar-refractivity contribution >= 4 is 21.0 Å². The molecular formula is C11H12NO4S+. The van der Waals surface area contributed by atoms with Gasteiger partial charge in [-0.25, -0.2) is 0 Å². The van der Waals surface area contributed by atoms with E-state index in [4.69, 9.17) is 4.55 Å². The molecule has 0 bridgehead atoms. The van der Waals surface area contributed by atoms with E-state index in [1.54, 1.807) is 28.8 Å². The maximum Gasteiger partial charge on any atom is 0.304 e. The molecule has 0 amide bonds. The monoisotopic (exact) mass is 254 g/mol. The highest BCUT2D eigenvalue weighted by atomic mass is 32.2. The van der Waals surface area contributed by atoms with Crippen LogP contribution in [0.15, 0.2) is 35.4 Å². The van der Waals surface area contributed by atoms with Crippen molar-refractivity contribution in [2.45, 2.75) is 18.4 Å². The Labute approximate surface area is 98.7 Å². The molecule has 0 spiro atoms. The molecule has 0 radical (unpaired) electrons. The fourth-order valence-corrected chi connectivity index (χ4v) is 2.39. The molecule has 90 valence electrons. The highest BCUT2D eigenvalue weighted by Crippen LogP contribution is 2.28. The van der Waals surface area contributed by atoms with Crippen molar-refractivity contribution < 1.29 is 22.6 Å². The molecule has 2 aromatic rings. The Morgan fingerprint density at radius 3 is 2.53 bits per heavy atom. The Morgan fingerprint density at radius 1 is 1.29 bits per heavy atom. The third-order valence-electron chi connectivity index (χ3n) is 2.59. The Bertz CT molecular complexity index is 679. The van der Waals surface area contributed by atoms with Gasteiger partial charge in [0.2, 0.25) is 5.52 Å². The largest absolute Gasteiger partial charge is 0.505 e. The van der Waals surface area contributed by atoms with Crippen molar-refractivity contribution in [2.75, 3.05) is 0 Å². The number of aromatic nitrogens is 1. The molecule has 0 fully saturated rings. The summed E-state index contributed by atoms with van der Waals surface area (Å²) >= 11 is 0. The van der Waals surface area contributed by atoms with Gasteiger partial charge in [-0.3, -0.25) is 4.55 Å². The van der Waals surface area contributed by atoms with Gasteiger partial charge in [-0.05, 0) is 13.0 Å². The van der Waals surface area contributed by atoms with Gasteiger partial charge in [-0.15, -0.1) is 0 Å². The zero-order valence-electron chi connectivity index (χ0n) is 9.16. The third-order valence-corrected chi connectivity index (χ3v) is 3.45. The van der Waals surface area contributed by atoms with Crippen molar-refractivity contribution in [2.24, 2.45) is 0 Å². The second-order valence-corrected chi connectivity index (χ2v) is 5.01. The Balaban J connectivity index is 2.95. The second kappa shape index (κ2) is 3.97. The van der Waals surface area contributed by atoms with Gasteiger partial charge < -0.3 is 5.11 Å². The first kappa shape index (κ1) is 11.8. The summed E-state index contributed by atoms with van der Waals surface area (Å²) in [5, 5.41) is 10.2. The van der Waals surface area contributed by atoms with Crippen molar-refractivity contribution in [3.05, 3.63) is 30.5 Å². The molecule has 0 aliphatic heterocycles. The highest BCUT2D eigenvalue weighted by Gasteiger charge is 2.24. The number of aromatic hydroxyl groups is 1. The Morgan fingerprint density at radius 2 is 1.94 bits per heavy atom. The van der Waals surface area contributed by atoms with E-state index >= 15 is 0 Å². The summed E-state index contributed by atoms with van der Waals surface area (Å²) in [5.74, 6) is -0.423. The number of fused-ring (bicyclic) bond motifs is 1. The SMILES string of the molecule is CC[n+]1cc(S(=O)(=O)O)c(O)c2ccccc21. The van der Waals surface area contributed by atoms with Crippen LogP contribution in [0.3, 0.4) is 0 Å². The quantitative estimate of drug-likeness (QED) is 0.621. The standard InChI is InChI=1S/C11H11NO4S/c1-2-12-7-10(17(14,15)16)11(13)8-5-3-4-6-9(8)12/h3-7H,2H2,1H3,(H,14,15,16)/p+1. The van der Waals surface area contributed by atoms with Crippen LogP contribution in [0, 0.1) is 0 Å². The van der Waals surface area contributed by atoms with Crippen LogP contribution in [-0.4, -0.2) is 18.1 Å². The molecule has 1 aromatic carbocycles. The number of hydrogen-bond donors (Lipinski definition) is 2. The Hall–Kier alpha value is -1.66. The van der Waals surface area contributed by atoms with Gasteiger partial charge in [0.15, 0.2) is 16.8 Å². The maximum absolute atomic E-state index is 11.1. The first-order valence-corrected chi connectivity index (χ1v) is 6.50. The van der Waals surface area contributed by atoms with Gasteiger partial charge in [-0.2, -0.15) is 13.0 Å². The van der Waals surface area contributed by atoms with Crippen LogP contribution in [0.1, 0.15) is 6.92 Å². The number of aryl methyl sites for hydroxylation is 1. The molecule has 17 heavy (non-hydrogen) atoms. The van der Waals surface area contributed by atoms with Gasteiger partial charge in [0.05, 0.1) is 5.39 Å². The summed E-state index contributed by atoms with van der Waals surface area (Å²) in [6.45, 7) is 2.38. The van der Waals surface area contributed by atoms with Crippen LogP contribution in [-0.2, 0) is 16.7 Å².